The molecule has 7 heteroatoms. The van der Waals surface area contributed by atoms with Gasteiger partial charge in [0.25, 0.3) is 0 Å². The van der Waals surface area contributed by atoms with Crippen LogP contribution in [0.15, 0.2) is 45.8 Å². The predicted octanol–water partition coefficient (Wildman–Crippen LogP) is 3.26. The fraction of sp³-hybridized carbons (Fsp3) is 0.333. The van der Waals surface area contributed by atoms with Gasteiger partial charge >= 0.3 is 0 Å². The smallest absolute Gasteiger partial charge is 0.191 e. The Morgan fingerprint density at radius 3 is 2.92 bits per heavy atom. The monoisotopic (exact) mass is 358 g/mol. The molecular formula is C18H22N4O2S. The third-order valence-electron chi connectivity index (χ3n) is 3.62. The second-order valence-corrected chi connectivity index (χ2v) is 6.71. The van der Waals surface area contributed by atoms with Crippen LogP contribution in [0.1, 0.15) is 12.7 Å². The van der Waals surface area contributed by atoms with Crippen molar-refractivity contribution in [2.24, 2.45) is 4.99 Å². The second kappa shape index (κ2) is 8.13. The molecule has 1 aromatic carbocycles. The highest BCUT2D eigenvalue weighted by atomic mass is 32.1. The summed E-state index contributed by atoms with van der Waals surface area (Å²) in [4.78, 5) is 8.83. The number of hydrogen-bond donors (Lipinski definition) is 2. The van der Waals surface area contributed by atoms with Crippen molar-refractivity contribution in [1.82, 2.24) is 15.6 Å². The fourth-order valence-corrected chi connectivity index (χ4v) is 3.38. The minimum absolute atomic E-state index is 0.172. The molecule has 2 heterocycles. The lowest BCUT2D eigenvalue weighted by molar-refractivity contribution is 0.179. The Morgan fingerprint density at radius 2 is 2.16 bits per heavy atom. The number of fused-ring (bicyclic) bond motifs is 1. The van der Waals surface area contributed by atoms with Gasteiger partial charge in [-0.15, -0.1) is 11.3 Å². The van der Waals surface area contributed by atoms with E-state index in [-0.39, 0.29) is 6.04 Å². The number of guanidine groups is 1. The Bertz CT molecular complexity index is 823. The van der Waals surface area contributed by atoms with E-state index in [2.05, 4.69) is 26.7 Å². The maximum atomic E-state index is 5.92. The molecule has 1 atom stereocenters. The highest BCUT2D eigenvalue weighted by Crippen LogP contribution is 2.30. The first-order chi connectivity index (χ1) is 12.2. The van der Waals surface area contributed by atoms with Gasteiger partial charge in [0.15, 0.2) is 16.7 Å². The maximum Gasteiger partial charge on any atom is 0.191 e. The summed E-state index contributed by atoms with van der Waals surface area (Å²) in [6.45, 7) is 3.20. The van der Waals surface area contributed by atoms with Gasteiger partial charge in [-0.25, -0.2) is 4.98 Å². The lowest BCUT2D eigenvalue weighted by Gasteiger charge is -2.16. The molecule has 3 rings (SSSR count). The SMILES string of the molecule is CN=C(NCc1ccc(-c2nc3ccccc3s2)o1)NC(C)COC. The third-order valence-corrected chi connectivity index (χ3v) is 4.67. The number of benzene rings is 1. The molecule has 0 saturated heterocycles. The van der Waals surface area contributed by atoms with Crippen LogP contribution in [0.2, 0.25) is 0 Å². The van der Waals surface area contributed by atoms with Gasteiger partial charge in [0, 0.05) is 20.2 Å². The molecule has 2 aromatic heterocycles. The first-order valence-corrected chi connectivity index (χ1v) is 8.92. The van der Waals surface area contributed by atoms with E-state index in [1.54, 1.807) is 25.5 Å². The average molecular weight is 358 g/mol. The quantitative estimate of drug-likeness (QED) is 0.523. The van der Waals surface area contributed by atoms with E-state index in [1.807, 2.05) is 37.3 Å². The van der Waals surface area contributed by atoms with Crippen molar-refractivity contribution in [3.8, 4) is 10.8 Å². The molecule has 0 radical (unpaired) electrons. The molecule has 0 bridgehead atoms. The van der Waals surface area contributed by atoms with Gasteiger partial charge in [0.1, 0.15) is 5.76 Å². The zero-order valence-corrected chi connectivity index (χ0v) is 15.4. The lowest BCUT2D eigenvalue weighted by atomic mass is 10.3. The van der Waals surface area contributed by atoms with E-state index in [9.17, 15) is 0 Å². The van der Waals surface area contributed by atoms with Crippen LogP contribution >= 0.6 is 11.3 Å². The number of aliphatic imine (C=N–C) groups is 1. The van der Waals surface area contributed by atoms with Crippen LogP contribution in [0.5, 0.6) is 0 Å². The number of hydrogen-bond acceptors (Lipinski definition) is 5. The average Bonchev–Trinajstić information content (AvgIpc) is 3.25. The van der Waals surface area contributed by atoms with Crippen LogP contribution in [-0.2, 0) is 11.3 Å². The fourth-order valence-electron chi connectivity index (χ4n) is 2.46. The Morgan fingerprint density at radius 1 is 1.32 bits per heavy atom. The van der Waals surface area contributed by atoms with Crippen molar-refractivity contribution in [1.29, 1.82) is 0 Å². The molecule has 1 unspecified atom stereocenters. The number of methoxy groups -OCH3 is 1. The largest absolute Gasteiger partial charge is 0.457 e. The van der Waals surface area contributed by atoms with Crippen LogP contribution in [0, 0.1) is 0 Å². The molecule has 0 aliphatic rings. The number of rotatable bonds is 6. The standard InChI is InChI=1S/C18H22N4O2S/c1-12(11-23-3)21-18(19-2)20-10-13-8-9-15(24-13)17-22-14-6-4-5-7-16(14)25-17/h4-9,12H,10-11H2,1-3H3,(H2,19,20,21). The van der Waals surface area contributed by atoms with Gasteiger partial charge in [0.05, 0.1) is 23.4 Å². The van der Waals surface area contributed by atoms with Gasteiger partial charge in [-0.2, -0.15) is 0 Å². The Hall–Kier alpha value is -2.38. The summed E-state index contributed by atoms with van der Waals surface area (Å²) < 4.78 is 12.2. The molecule has 0 aliphatic carbocycles. The summed E-state index contributed by atoms with van der Waals surface area (Å²) in [7, 11) is 3.42. The Balaban J connectivity index is 1.63. The molecule has 0 fully saturated rings. The van der Waals surface area contributed by atoms with Crippen LogP contribution in [0.25, 0.3) is 21.0 Å². The molecule has 25 heavy (non-hydrogen) atoms. The first kappa shape index (κ1) is 17.4. The topological polar surface area (TPSA) is 71.7 Å². The molecule has 0 amide bonds. The summed E-state index contributed by atoms with van der Waals surface area (Å²) in [5.41, 5.74) is 0.996. The molecular weight excluding hydrogens is 336 g/mol. The van der Waals surface area contributed by atoms with Crippen molar-refractivity contribution in [3.05, 3.63) is 42.2 Å². The first-order valence-electron chi connectivity index (χ1n) is 8.10. The van der Waals surface area contributed by atoms with Crippen LogP contribution in [0.3, 0.4) is 0 Å². The molecule has 3 aromatic rings. The minimum atomic E-state index is 0.172. The van der Waals surface area contributed by atoms with Crippen molar-refractivity contribution in [2.75, 3.05) is 20.8 Å². The number of ether oxygens (including phenoxy) is 1. The minimum Gasteiger partial charge on any atom is -0.457 e. The van der Waals surface area contributed by atoms with Gasteiger partial charge in [-0.1, -0.05) is 12.1 Å². The number of nitrogens with one attached hydrogen (secondary N) is 2. The van der Waals surface area contributed by atoms with E-state index >= 15 is 0 Å². The number of thiazole rings is 1. The van der Waals surface area contributed by atoms with Crippen molar-refractivity contribution in [2.45, 2.75) is 19.5 Å². The lowest BCUT2D eigenvalue weighted by Crippen LogP contribution is -2.43. The van der Waals surface area contributed by atoms with Crippen LogP contribution in [-0.4, -0.2) is 37.7 Å². The van der Waals surface area contributed by atoms with Gasteiger partial charge < -0.3 is 19.8 Å². The third kappa shape index (κ3) is 4.37. The van der Waals surface area contributed by atoms with E-state index in [4.69, 9.17) is 9.15 Å². The number of nitrogens with zero attached hydrogens (tertiary/aromatic N) is 2. The molecule has 6 nitrogen and oxygen atoms in total. The predicted molar refractivity (Wildman–Crippen MR) is 102 cm³/mol. The zero-order chi connectivity index (χ0) is 17.6. The van der Waals surface area contributed by atoms with Gasteiger partial charge in [-0.05, 0) is 31.2 Å². The highest BCUT2D eigenvalue weighted by Gasteiger charge is 2.11. The summed E-state index contributed by atoms with van der Waals surface area (Å²) in [5.74, 6) is 2.33. The van der Waals surface area contributed by atoms with Crippen molar-refractivity contribution < 1.29 is 9.15 Å². The van der Waals surface area contributed by atoms with E-state index < -0.39 is 0 Å². The summed E-state index contributed by atoms with van der Waals surface area (Å²) in [6, 6.07) is 12.2. The summed E-state index contributed by atoms with van der Waals surface area (Å²) >= 11 is 1.63. The number of para-hydroxylation sites is 1. The van der Waals surface area contributed by atoms with Crippen LogP contribution in [0.4, 0.5) is 0 Å². The summed E-state index contributed by atoms with van der Waals surface area (Å²) in [6.07, 6.45) is 0. The van der Waals surface area contributed by atoms with Gasteiger partial charge in [-0.3, -0.25) is 4.99 Å². The highest BCUT2D eigenvalue weighted by molar-refractivity contribution is 7.21. The molecule has 0 saturated carbocycles. The van der Waals surface area contributed by atoms with Gasteiger partial charge in [0.2, 0.25) is 0 Å². The Labute approximate surface area is 150 Å². The molecule has 0 spiro atoms. The maximum absolute atomic E-state index is 5.92. The Kier molecular flexibility index (Phi) is 5.67. The van der Waals surface area contributed by atoms with E-state index in [1.165, 1.54) is 0 Å². The van der Waals surface area contributed by atoms with E-state index in [0.717, 1.165) is 26.7 Å². The summed E-state index contributed by atoms with van der Waals surface area (Å²) in [5, 5.41) is 7.39. The zero-order valence-electron chi connectivity index (χ0n) is 14.6. The normalized spacial score (nSPS) is 13.2. The second-order valence-electron chi connectivity index (χ2n) is 5.68. The molecule has 132 valence electrons. The van der Waals surface area contributed by atoms with Crippen LogP contribution < -0.4 is 10.6 Å². The van der Waals surface area contributed by atoms with Crippen molar-refractivity contribution >= 4 is 27.5 Å². The molecule has 2 N–H and O–H groups in total. The number of aromatic nitrogens is 1. The van der Waals surface area contributed by atoms with E-state index in [0.29, 0.717) is 19.1 Å². The number of furan rings is 1. The van der Waals surface area contributed by atoms with Crippen molar-refractivity contribution in [3.63, 3.8) is 0 Å². The molecule has 0 aliphatic heterocycles.